The summed E-state index contributed by atoms with van der Waals surface area (Å²) in [7, 11) is 0. The number of rotatable bonds is 3. The number of amides is 1. The van der Waals surface area contributed by atoms with Gasteiger partial charge >= 0.3 is 0 Å². The van der Waals surface area contributed by atoms with Gasteiger partial charge in [-0.2, -0.15) is 0 Å². The molecule has 0 unspecified atom stereocenters. The van der Waals surface area contributed by atoms with Crippen molar-refractivity contribution in [2.45, 2.75) is 59.4 Å². The molecular weight excluding hydrogens is 266 g/mol. The van der Waals surface area contributed by atoms with Crippen molar-refractivity contribution in [1.29, 1.82) is 0 Å². The summed E-state index contributed by atoms with van der Waals surface area (Å²) in [6, 6.07) is 0.352. The van der Waals surface area contributed by atoms with E-state index in [0.717, 1.165) is 18.2 Å². The third kappa shape index (κ3) is 4.44. The highest BCUT2D eigenvalue weighted by atomic mass is 79.9. The van der Waals surface area contributed by atoms with Crippen LogP contribution in [0, 0.1) is 10.8 Å². The predicted octanol–water partition coefficient (Wildman–Crippen LogP) is 3.49. The molecule has 0 bridgehead atoms. The molecule has 1 amide bonds. The first kappa shape index (κ1) is 14.0. The van der Waals surface area contributed by atoms with Crippen LogP contribution in [-0.2, 0) is 4.79 Å². The quantitative estimate of drug-likeness (QED) is 0.792. The predicted molar refractivity (Wildman–Crippen MR) is 71.8 cm³/mol. The maximum Gasteiger partial charge on any atom is 0.221 e. The van der Waals surface area contributed by atoms with Gasteiger partial charge in [0.2, 0.25) is 5.91 Å². The highest BCUT2D eigenvalue weighted by Gasteiger charge is 2.38. The van der Waals surface area contributed by atoms with Gasteiger partial charge in [-0.3, -0.25) is 4.79 Å². The number of carbonyl (C=O) groups excluding carboxylic acids is 1. The first-order chi connectivity index (χ1) is 7.24. The lowest BCUT2D eigenvalue weighted by Crippen LogP contribution is -2.46. The fourth-order valence-electron chi connectivity index (χ4n) is 3.33. The van der Waals surface area contributed by atoms with Crippen molar-refractivity contribution in [3.8, 4) is 0 Å². The highest BCUT2D eigenvalue weighted by Crippen LogP contribution is 2.45. The molecule has 16 heavy (non-hydrogen) atoms. The first-order valence-electron chi connectivity index (χ1n) is 6.09. The minimum absolute atomic E-state index is 0.176. The van der Waals surface area contributed by atoms with Gasteiger partial charge in [0.15, 0.2) is 0 Å². The Hall–Kier alpha value is -0.0500. The zero-order valence-corrected chi connectivity index (χ0v) is 12.5. The maximum absolute atomic E-state index is 11.6. The van der Waals surface area contributed by atoms with Crippen molar-refractivity contribution in [3.63, 3.8) is 0 Å². The standard InChI is InChI=1S/C13H24BrNO/c1-12(2)7-10(8-13(3,4)9-12)15-11(16)5-6-14/h10H,5-9H2,1-4H3,(H,15,16). The summed E-state index contributed by atoms with van der Waals surface area (Å²) >= 11 is 3.30. The van der Waals surface area contributed by atoms with E-state index in [1.165, 1.54) is 6.42 Å². The van der Waals surface area contributed by atoms with Crippen molar-refractivity contribution in [2.24, 2.45) is 10.8 Å². The van der Waals surface area contributed by atoms with E-state index in [0.29, 0.717) is 23.3 Å². The van der Waals surface area contributed by atoms with Gasteiger partial charge in [0.05, 0.1) is 0 Å². The highest BCUT2D eigenvalue weighted by molar-refractivity contribution is 9.09. The number of alkyl halides is 1. The molecule has 94 valence electrons. The summed E-state index contributed by atoms with van der Waals surface area (Å²) < 4.78 is 0. The van der Waals surface area contributed by atoms with E-state index >= 15 is 0 Å². The summed E-state index contributed by atoms with van der Waals surface area (Å²) in [6.45, 7) is 9.21. The van der Waals surface area contributed by atoms with Gasteiger partial charge in [-0.25, -0.2) is 0 Å². The zero-order valence-electron chi connectivity index (χ0n) is 10.9. The lowest BCUT2D eigenvalue weighted by atomic mass is 9.63. The van der Waals surface area contributed by atoms with E-state index in [1.807, 2.05) is 0 Å². The molecule has 0 radical (unpaired) electrons. The largest absolute Gasteiger partial charge is 0.353 e. The lowest BCUT2D eigenvalue weighted by Gasteiger charge is -2.45. The van der Waals surface area contributed by atoms with Crippen LogP contribution in [0.3, 0.4) is 0 Å². The second-order valence-electron chi connectivity index (χ2n) is 6.62. The van der Waals surface area contributed by atoms with Crippen molar-refractivity contribution >= 4 is 21.8 Å². The van der Waals surface area contributed by atoms with E-state index in [-0.39, 0.29) is 5.91 Å². The molecule has 1 saturated carbocycles. The minimum Gasteiger partial charge on any atom is -0.353 e. The summed E-state index contributed by atoms with van der Waals surface area (Å²) in [4.78, 5) is 11.6. The lowest BCUT2D eigenvalue weighted by molar-refractivity contribution is -0.122. The Labute approximate surface area is 108 Å². The Morgan fingerprint density at radius 2 is 1.75 bits per heavy atom. The van der Waals surface area contributed by atoms with Gasteiger partial charge in [-0.05, 0) is 30.1 Å². The summed E-state index contributed by atoms with van der Waals surface area (Å²) in [5.41, 5.74) is 0.683. The normalized spacial score (nSPS) is 24.1. The Morgan fingerprint density at radius 3 is 2.19 bits per heavy atom. The molecule has 1 rings (SSSR count). The number of carbonyl (C=O) groups is 1. The molecule has 3 heteroatoms. The second kappa shape index (κ2) is 5.07. The van der Waals surface area contributed by atoms with Crippen LogP contribution in [0.15, 0.2) is 0 Å². The molecule has 1 aliphatic rings. The van der Waals surface area contributed by atoms with E-state index in [9.17, 15) is 4.79 Å². The Bertz CT molecular complexity index is 245. The fourth-order valence-corrected chi connectivity index (χ4v) is 3.69. The van der Waals surface area contributed by atoms with Gasteiger partial charge in [0.1, 0.15) is 0 Å². The molecule has 0 aromatic rings. The Kier molecular flexibility index (Phi) is 4.44. The van der Waals surface area contributed by atoms with Crippen molar-refractivity contribution in [1.82, 2.24) is 5.32 Å². The van der Waals surface area contributed by atoms with Crippen LogP contribution in [-0.4, -0.2) is 17.3 Å². The summed E-state index contributed by atoms with van der Waals surface area (Å²) in [6.07, 6.45) is 4.02. The third-order valence-electron chi connectivity index (χ3n) is 3.24. The van der Waals surface area contributed by atoms with Crippen LogP contribution in [0.1, 0.15) is 53.4 Å². The van der Waals surface area contributed by atoms with Crippen molar-refractivity contribution in [3.05, 3.63) is 0 Å². The molecule has 0 aromatic carbocycles. The Morgan fingerprint density at radius 1 is 1.25 bits per heavy atom. The van der Waals surface area contributed by atoms with Crippen LogP contribution in [0.25, 0.3) is 0 Å². The molecule has 1 fully saturated rings. The van der Waals surface area contributed by atoms with Crippen LogP contribution in [0.5, 0.6) is 0 Å². The van der Waals surface area contributed by atoms with Crippen LogP contribution in [0.4, 0.5) is 0 Å². The molecule has 1 N–H and O–H groups in total. The number of hydrogen-bond acceptors (Lipinski definition) is 1. The smallest absolute Gasteiger partial charge is 0.221 e. The van der Waals surface area contributed by atoms with Gasteiger partial charge in [-0.15, -0.1) is 0 Å². The van der Waals surface area contributed by atoms with E-state index in [1.54, 1.807) is 0 Å². The van der Waals surface area contributed by atoms with Crippen molar-refractivity contribution < 1.29 is 4.79 Å². The fraction of sp³-hybridized carbons (Fsp3) is 0.923. The Balaban J connectivity index is 2.57. The molecule has 0 spiro atoms. The van der Waals surface area contributed by atoms with Gasteiger partial charge in [-0.1, -0.05) is 43.6 Å². The monoisotopic (exact) mass is 289 g/mol. The minimum atomic E-state index is 0.176. The van der Waals surface area contributed by atoms with Gasteiger partial charge in [0, 0.05) is 17.8 Å². The number of hydrogen-bond donors (Lipinski definition) is 1. The average Bonchev–Trinajstić information content (AvgIpc) is 1.96. The number of halogens is 1. The summed E-state index contributed by atoms with van der Waals surface area (Å²) in [5, 5.41) is 3.91. The SMILES string of the molecule is CC1(C)CC(NC(=O)CCBr)CC(C)(C)C1. The molecule has 0 heterocycles. The topological polar surface area (TPSA) is 29.1 Å². The number of nitrogens with one attached hydrogen (secondary N) is 1. The van der Waals surface area contributed by atoms with E-state index in [2.05, 4.69) is 48.9 Å². The molecular formula is C13H24BrNO. The molecule has 2 nitrogen and oxygen atoms in total. The molecule has 0 atom stereocenters. The molecule has 0 saturated heterocycles. The molecule has 0 aliphatic heterocycles. The van der Waals surface area contributed by atoms with Crippen LogP contribution >= 0.6 is 15.9 Å². The van der Waals surface area contributed by atoms with Crippen LogP contribution < -0.4 is 5.32 Å². The summed E-state index contributed by atoms with van der Waals surface area (Å²) in [5.74, 6) is 0.176. The van der Waals surface area contributed by atoms with Gasteiger partial charge in [0.25, 0.3) is 0 Å². The van der Waals surface area contributed by atoms with Gasteiger partial charge < -0.3 is 5.32 Å². The molecule has 1 aliphatic carbocycles. The zero-order chi connectivity index (χ0) is 12.4. The van der Waals surface area contributed by atoms with E-state index in [4.69, 9.17) is 0 Å². The maximum atomic E-state index is 11.6. The average molecular weight is 290 g/mol. The second-order valence-corrected chi connectivity index (χ2v) is 7.41. The van der Waals surface area contributed by atoms with Crippen molar-refractivity contribution in [2.75, 3.05) is 5.33 Å². The molecule has 0 aromatic heterocycles. The first-order valence-corrected chi connectivity index (χ1v) is 7.22. The van der Waals surface area contributed by atoms with E-state index < -0.39 is 0 Å². The third-order valence-corrected chi connectivity index (χ3v) is 3.64. The van der Waals surface area contributed by atoms with Crippen LogP contribution in [0.2, 0.25) is 0 Å².